The quantitative estimate of drug-likeness (QED) is 0.192. The summed E-state index contributed by atoms with van der Waals surface area (Å²) in [7, 11) is 0. The van der Waals surface area contributed by atoms with Crippen molar-refractivity contribution in [3.8, 4) is 0 Å². The molecule has 0 aliphatic heterocycles. The molecule has 0 spiro atoms. The van der Waals surface area contributed by atoms with Gasteiger partial charge in [-0.1, -0.05) is 174 Å². The molecule has 0 bridgehead atoms. The highest BCUT2D eigenvalue weighted by Gasteiger charge is 1.98. The van der Waals surface area contributed by atoms with Crippen LogP contribution in [0.25, 0.3) is 0 Å². The topological polar surface area (TPSA) is 21.3 Å². The summed E-state index contributed by atoms with van der Waals surface area (Å²) >= 11 is 2.01. The largest absolute Gasteiger partial charge is 0.376 e. The van der Waals surface area contributed by atoms with Gasteiger partial charge in [0.05, 0.1) is 12.2 Å². The minimum atomic E-state index is 0. The van der Waals surface area contributed by atoms with Crippen molar-refractivity contribution in [2.24, 2.45) is 47.3 Å². The van der Waals surface area contributed by atoms with Gasteiger partial charge in [0.1, 0.15) is 0 Å². The minimum absolute atomic E-state index is 0. The molecule has 0 aromatic rings. The molecule has 0 aliphatic rings. The fourth-order valence-electron chi connectivity index (χ4n) is 5.53. The van der Waals surface area contributed by atoms with Crippen molar-refractivity contribution in [1.82, 2.24) is 5.32 Å². The van der Waals surface area contributed by atoms with Gasteiger partial charge in [-0.3, -0.25) is 0 Å². The van der Waals surface area contributed by atoms with E-state index in [-0.39, 0.29) is 7.43 Å². The summed E-state index contributed by atoms with van der Waals surface area (Å²) in [5.41, 5.74) is 0. The fraction of sp³-hybridized carbons (Fsp3) is 1.00. The first kappa shape index (κ1) is 68.3. The Morgan fingerprint density at radius 2 is 0.480 bits per heavy atom. The molecule has 0 rings (SSSR count). The van der Waals surface area contributed by atoms with Crippen molar-refractivity contribution in [1.29, 1.82) is 0 Å². The van der Waals surface area contributed by atoms with Gasteiger partial charge in [0, 0.05) is 12.1 Å². The first-order chi connectivity index (χ1) is 21.9. The van der Waals surface area contributed by atoms with Crippen LogP contribution in [-0.2, 0) is 4.74 Å². The van der Waals surface area contributed by atoms with E-state index < -0.39 is 0 Å². The SMILES string of the molecule is C.CC(C)CC(C)C.CC(C)CC(C)C.CC(C)CC(C)C.CC(C)CC(C)C.CC(C)NC(C)C.CC(C)OC(C)C.CC(C)SC(C)C. The summed E-state index contributed by atoms with van der Waals surface area (Å²) in [6.07, 6.45) is 6.19. The number of rotatable bonds is 14. The Hall–Kier alpha value is 0.270. The lowest BCUT2D eigenvalue weighted by Crippen LogP contribution is -2.29. The van der Waals surface area contributed by atoms with E-state index in [0.717, 1.165) is 57.8 Å². The van der Waals surface area contributed by atoms with Crippen molar-refractivity contribution < 1.29 is 4.74 Å². The Labute approximate surface area is 329 Å². The van der Waals surface area contributed by atoms with Crippen molar-refractivity contribution in [2.45, 2.75) is 262 Å². The summed E-state index contributed by atoms with van der Waals surface area (Å²) in [6, 6.07) is 1.25. The van der Waals surface area contributed by atoms with Gasteiger partial charge in [-0.2, -0.15) is 11.8 Å². The lowest BCUT2D eigenvalue weighted by molar-refractivity contribution is 0.0300. The molecule has 0 saturated heterocycles. The van der Waals surface area contributed by atoms with Crippen LogP contribution in [0.2, 0.25) is 0 Å². The Kier molecular flexibility index (Phi) is 64.6. The van der Waals surface area contributed by atoms with Crippen LogP contribution in [0.15, 0.2) is 0 Å². The molecule has 1 N–H and O–H groups in total. The van der Waals surface area contributed by atoms with Crippen molar-refractivity contribution in [3.63, 3.8) is 0 Å². The van der Waals surface area contributed by atoms with Crippen LogP contribution in [0.3, 0.4) is 0 Å². The van der Waals surface area contributed by atoms with E-state index in [4.69, 9.17) is 4.74 Å². The molecular formula is C47H111NOS. The van der Waals surface area contributed by atoms with Gasteiger partial charge in [-0.15, -0.1) is 0 Å². The molecule has 0 amide bonds. The maximum atomic E-state index is 5.25. The van der Waals surface area contributed by atoms with Gasteiger partial charge in [-0.05, 0) is 111 Å². The zero-order valence-electron chi connectivity index (χ0n) is 40.2. The van der Waals surface area contributed by atoms with Crippen LogP contribution in [0.5, 0.6) is 0 Å². The van der Waals surface area contributed by atoms with Crippen molar-refractivity contribution >= 4 is 11.8 Å². The molecule has 0 atom stereocenters. The molecule has 0 unspecified atom stereocenters. The molecule has 0 aromatic heterocycles. The predicted molar refractivity (Wildman–Crippen MR) is 247 cm³/mol. The first-order valence-corrected chi connectivity index (χ1v) is 21.9. The Morgan fingerprint density at radius 1 is 0.320 bits per heavy atom. The molecule has 0 heterocycles. The Balaban J connectivity index is -0.0000000684. The normalized spacial score (nSPS) is 10.9. The highest BCUT2D eigenvalue weighted by atomic mass is 32.2. The smallest absolute Gasteiger partial charge is 0.0522 e. The average Bonchev–Trinajstić information content (AvgIpc) is 2.74. The molecule has 50 heavy (non-hydrogen) atoms. The average molecular weight is 738 g/mol. The summed E-state index contributed by atoms with van der Waals surface area (Å²) in [6.45, 7) is 61.9. The van der Waals surface area contributed by atoms with Gasteiger partial charge in [0.15, 0.2) is 0 Å². The first-order valence-electron chi connectivity index (χ1n) is 21.0. The molecular weight excluding hydrogens is 627 g/mol. The van der Waals surface area contributed by atoms with Gasteiger partial charge >= 0.3 is 0 Å². The third-order valence-electron chi connectivity index (χ3n) is 5.53. The predicted octanol–water partition coefficient (Wildman–Crippen LogP) is 17.1. The third-order valence-corrected chi connectivity index (χ3v) is 6.62. The lowest BCUT2D eigenvalue weighted by atomic mass is 10.0. The summed E-state index contributed by atoms with van der Waals surface area (Å²) in [4.78, 5) is 0. The zero-order chi connectivity index (χ0) is 41.0. The second-order valence-corrected chi connectivity index (χ2v) is 21.2. The van der Waals surface area contributed by atoms with Crippen LogP contribution in [0.1, 0.15) is 227 Å². The van der Waals surface area contributed by atoms with Gasteiger partial charge in [-0.25, -0.2) is 0 Å². The standard InChI is InChI=1S/4C7H16.C6H15N.C6H14O.C6H14S.CH4/c4*1-6(2)5-7(3)4;3*1-5(2)7-6(3)4;/h4*6-7H,5H2,1-4H3;5-7H,1-4H3;2*5-6H,1-4H3;1H4. The highest BCUT2D eigenvalue weighted by Crippen LogP contribution is 2.15. The lowest BCUT2D eigenvalue weighted by Gasteiger charge is -2.10. The van der Waals surface area contributed by atoms with E-state index in [2.05, 4.69) is 171 Å². The van der Waals surface area contributed by atoms with Crippen LogP contribution in [-0.4, -0.2) is 34.8 Å². The highest BCUT2D eigenvalue weighted by molar-refractivity contribution is 8.00. The third kappa shape index (κ3) is 135. The molecule has 0 fully saturated rings. The molecule has 316 valence electrons. The number of ether oxygens (including phenoxy) is 1. The van der Waals surface area contributed by atoms with E-state index in [1.165, 1.54) is 25.7 Å². The molecule has 0 saturated carbocycles. The Morgan fingerprint density at radius 3 is 0.480 bits per heavy atom. The molecule has 3 heteroatoms. The van der Waals surface area contributed by atoms with Gasteiger partial charge in [0.25, 0.3) is 0 Å². The second kappa shape index (κ2) is 47.3. The summed E-state index contributed by atoms with van der Waals surface area (Å²) in [5.74, 6) is 7.00. The zero-order valence-corrected chi connectivity index (χ0v) is 41.0. The number of hydrogen-bond donors (Lipinski definition) is 1. The van der Waals surface area contributed by atoms with Gasteiger partial charge in [0.2, 0.25) is 0 Å². The van der Waals surface area contributed by atoms with E-state index in [1.54, 1.807) is 0 Å². The van der Waals surface area contributed by atoms with Crippen LogP contribution in [0.4, 0.5) is 0 Å². The van der Waals surface area contributed by atoms with E-state index in [0.29, 0.717) is 24.3 Å². The monoisotopic (exact) mass is 738 g/mol. The van der Waals surface area contributed by atoms with Crippen LogP contribution >= 0.6 is 11.8 Å². The van der Waals surface area contributed by atoms with Crippen LogP contribution < -0.4 is 5.32 Å². The van der Waals surface area contributed by atoms with E-state index in [1.807, 2.05) is 39.5 Å². The minimum Gasteiger partial charge on any atom is -0.376 e. The van der Waals surface area contributed by atoms with Crippen LogP contribution in [0, 0.1) is 47.3 Å². The summed E-state index contributed by atoms with van der Waals surface area (Å²) < 4.78 is 5.25. The number of nitrogens with one attached hydrogen (secondary N) is 1. The molecule has 2 nitrogen and oxygen atoms in total. The maximum Gasteiger partial charge on any atom is 0.0522 e. The van der Waals surface area contributed by atoms with E-state index >= 15 is 0 Å². The second-order valence-electron chi connectivity index (χ2n) is 19.0. The number of thioether (sulfide) groups is 1. The molecule has 0 aliphatic carbocycles. The summed E-state index contributed by atoms with van der Waals surface area (Å²) in [5, 5.41) is 4.89. The van der Waals surface area contributed by atoms with E-state index in [9.17, 15) is 0 Å². The van der Waals surface area contributed by atoms with Crippen molar-refractivity contribution in [2.75, 3.05) is 0 Å². The van der Waals surface area contributed by atoms with Crippen molar-refractivity contribution in [3.05, 3.63) is 0 Å². The van der Waals surface area contributed by atoms with Gasteiger partial charge < -0.3 is 10.1 Å². The fourth-order valence-corrected chi connectivity index (χ4v) is 6.62. The maximum absolute atomic E-state index is 5.25. The molecule has 0 radical (unpaired) electrons. The number of hydrogen-bond acceptors (Lipinski definition) is 3. The molecule has 0 aromatic carbocycles. The Bertz CT molecular complexity index is 364.